The predicted octanol–water partition coefficient (Wildman–Crippen LogP) is 3.01. The van der Waals surface area contributed by atoms with E-state index in [1.165, 1.54) is 0 Å². The number of hydrogen-bond acceptors (Lipinski definition) is 4. The van der Waals surface area contributed by atoms with Crippen molar-refractivity contribution in [2.45, 2.75) is 24.7 Å². The van der Waals surface area contributed by atoms with Crippen molar-refractivity contribution in [1.29, 1.82) is 0 Å². The van der Waals surface area contributed by atoms with Crippen LogP contribution in [0.25, 0.3) is 0 Å². The van der Waals surface area contributed by atoms with Crippen LogP contribution in [0, 0.1) is 0 Å². The van der Waals surface area contributed by atoms with Gasteiger partial charge in [-0.15, -0.1) is 0 Å². The van der Waals surface area contributed by atoms with Crippen molar-refractivity contribution < 1.29 is 19.1 Å². The molecule has 3 rings (SSSR count). The zero-order chi connectivity index (χ0) is 20.9. The lowest BCUT2D eigenvalue weighted by Crippen LogP contribution is -2.44. The lowest BCUT2D eigenvalue weighted by Gasteiger charge is -2.36. The Bertz CT molecular complexity index is 838. The Labute approximate surface area is 171 Å². The Morgan fingerprint density at radius 3 is 2.21 bits per heavy atom. The molecular weight excluding hydrogens is 368 g/mol. The van der Waals surface area contributed by atoms with Gasteiger partial charge >= 0.3 is 0 Å². The molecule has 6 heteroatoms. The van der Waals surface area contributed by atoms with E-state index in [-0.39, 0.29) is 11.8 Å². The molecule has 0 aliphatic carbocycles. The summed E-state index contributed by atoms with van der Waals surface area (Å²) in [4.78, 5) is 26.8. The third-order valence-electron chi connectivity index (χ3n) is 5.49. The molecule has 1 heterocycles. The minimum Gasteiger partial charge on any atom is -0.497 e. The van der Waals surface area contributed by atoms with Gasteiger partial charge in [-0.1, -0.05) is 24.3 Å². The third kappa shape index (κ3) is 4.77. The number of anilines is 1. The monoisotopic (exact) mass is 396 g/mol. The second-order valence-electron chi connectivity index (χ2n) is 7.54. The van der Waals surface area contributed by atoms with Gasteiger partial charge in [0.2, 0.25) is 11.8 Å². The highest BCUT2D eigenvalue weighted by Crippen LogP contribution is 2.37. The smallest absolute Gasteiger partial charge is 0.235 e. The van der Waals surface area contributed by atoms with E-state index in [0.717, 1.165) is 22.6 Å². The van der Waals surface area contributed by atoms with Gasteiger partial charge in [-0.3, -0.25) is 9.59 Å². The summed E-state index contributed by atoms with van der Waals surface area (Å²) in [6, 6.07) is 15.1. The van der Waals surface area contributed by atoms with Crippen LogP contribution in [-0.4, -0.2) is 51.1 Å². The Morgan fingerprint density at radius 2 is 1.66 bits per heavy atom. The number of hydrogen-bond donors (Lipinski definition) is 1. The predicted molar refractivity (Wildman–Crippen MR) is 112 cm³/mol. The number of rotatable bonds is 6. The van der Waals surface area contributed by atoms with Crippen LogP contribution in [0.4, 0.5) is 5.69 Å². The molecule has 0 atom stereocenters. The molecule has 154 valence electrons. The standard InChI is InChI=1S/C23H28N2O4/c1-25(2)21(26)16-17-4-8-19(9-5-17)24-22(27)23(12-14-29-15-13-23)18-6-10-20(28-3)11-7-18/h4-11H,12-16H2,1-3H3,(H,24,27). The second kappa shape index (κ2) is 9.09. The molecule has 1 aliphatic rings. The quantitative estimate of drug-likeness (QED) is 0.815. The summed E-state index contributed by atoms with van der Waals surface area (Å²) in [5.74, 6) is 0.768. The van der Waals surface area contributed by atoms with E-state index in [2.05, 4.69) is 5.32 Å². The van der Waals surface area contributed by atoms with Gasteiger partial charge in [-0.25, -0.2) is 0 Å². The number of nitrogens with one attached hydrogen (secondary N) is 1. The van der Waals surface area contributed by atoms with E-state index < -0.39 is 5.41 Å². The van der Waals surface area contributed by atoms with Crippen LogP contribution in [-0.2, 0) is 26.2 Å². The number of ether oxygens (including phenoxy) is 2. The molecule has 0 bridgehead atoms. The van der Waals surface area contributed by atoms with Gasteiger partial charge < -0.3 is 19.7 Å². The molecule has 0 aromatic heterocycles. The highest BCUT2D eigenvalue weighted by atomic mass is 16.5. The largest absolute Gasteiger partial charge is 0.497 e. The van der Waals surface area contributed by atoms with E-state index in [1.807, 2.05) is 48.5 Å². The highest BCUT2D eigenvalue weighted by Gasteiger charge is 2.41. The molecule has 0 saturated carbocycles. The average molecular weight is 396 g/mol. The van der Waals surface area contributed by atoms with Crippen molar-refractivity contribution in [3.8, 4) is 5.75 Å². The molecule has 1 saturated heterocycles. The maximum Gasteiger partial charge on any atom is 0.235 e. The third-order valence-corrected chi connectivity index (χ3v) is 5.49. The maximum absolute atomic E-state index is 13.3. The van der Waals surface area contributed by atoms with E-state index >= 15 is 0 Å². The van der Waals surface area contributed by atoms with Gasteiger partial charge in [0.15, 0.2) is 0 Å². The number of nitrogens with zero attached hydrogens (tertiary/aromatic N) is 1. The van der Waals surface area contributed by atoms with E-state index in [1.54, 1.807) is 26.1 Å². The average Bonchev–Trinajstić information content (AvgIpc) is 2.75. The summed E-state index contributed by atoms with van der Waals surface area (Å²) in [6.07, 6.45) is 1.59. The fraction of sp³-hybridized carbons (Fsp3) is 0.391. The Kier molecular flexibility index (Phi) is 6.54. The number of carbonyl (C=O) groups is 2. The van der Waals surface area contributed by atoms with Gasteiger partial charge in [0.1, 0.15) is 5.75 Å². The molecule has 1 aliphatic heterocycles. The normalized spacial score (nSPS) is 15.4. The lowest BCUT2D eigenvalue weighted by molar-refractivity contribution is -0.128. The van der Waals surface area contributed by atoms with Gasteiger partial charge in [-0.2, -0.15) is 0 Å². The summed E-state index contributed by atoms with van der Waals surface area (Å²) in [6.45, 7) is 1.09. The fourth-order valence-electron chi connectivity index (χ4n) is 3.57. The molecule has 2 aromatic rings. The lowest BCUT2D eigenvalue weighted by atomic mass is 9.73. The van der Waals surface area contributed by atoms with Crippen molar-refractivity contribution in [3.05, 3.63) is 59.7 Å². The Morgan fingerprint density at radius 1 is 1.03 bits per heavy atom. The first kappa shape index (κ1) is 20.9. The molecule has 0 spiro atoms. The van der Waals surface area contributed by atoms with Crippen molar-refractivity contribution in [2.24, 2.45) is 0 Å². The van der Waals surface area contributed by atoms with Gasteiger partial charge in [0.25, 0.3) is 0 Å². The first-order valence-corrected chi connectivity index (χ1v) is 9.77. The number of amides is 2. The molecule has 0 radical (unpaired) electrons. The van der Waals surface area contributed by atoms with Crippen LogP contribution in [0.1, 0.15) is 24.0 Å². The minimum atomic E-state index is -0.635. The first-order chi connectivity index (χ1) is 13.9. The van der Waals surface area contributed by atoms with Crippen LogP contribution < -0.4 is 10.1 Å². The van der Waals surface area contributed by atoms with Gasteiger partial charge in [0, 0.05) is 33.0 Å². The van der Waals surface area contributed by atoms with Crippen LogP contribution in [0.15, 0.2) is 48.5 Å². The molecular formula is C23H28N2O4. The first-order valence-electron chi connectivity index (χ1n) is 9.77. The van der Waals surface area contributed by atoms with Crippen LogP contribution in [0.2, 0.25) is 0 Å². The van der Waals surface area contributed by atoms with Gasteiger partial charge in [0.05, 0.1) is 18.9 Å². The van der Waals surface area contributed by atoms with Gasteiger partial charge in [-0.05, 0) is 48.2 Å². The summed E-state index contributed by atoms with van der Waals surface area (Å²) in [5.41, 5.74) is 1.96. The number of benzene rings is 2. The van der Waals surface area contributed by atoms with Crippen LogP contribution in [0.3, 0.4) is 0 Å². The number of carbonyl (C=O) groups excluding carboxylic acids is 2. The topological polar surface area (TPSA) is 67.9 Å². The van der Waals surface area contributed by atoms with Crippen molar-refractivity contribution in [1.82, 2.24) is 4.90 Å². The van der Waals surface area contributed by atoms with Crippen molar-refractivity contribution >= 4 is 17.5 Å². The molecule has 2 amide bonds. The zero-order valence-corrected chi connectivity index (χ0v) is 17.2. The Balaban J connectivity index is 1.77. The SMILES string of the molecule is COc1ccc(C2(C(=O)Nc3ccc(CC(=O)N(C)C)cc3)CCOCC2)cc1. The summed E-state index contributed by atoms with van der Waals surface area (Å²) < 4.78 is 10.8. The molecule has 2 aromatic carbocycles. The summed E-state index contributed by atoms with van der Waals surface area (Å²) >= 11 is 0. The number of methoxy groups -OCH3 is 1. The van der Waals surface area contributed by atoms with Crippen LogP contribution in [0.5, 0.6) is 5.75 Å². The minimum absolute atomic E-state index is 0.0388. The molecule has 1 N–H and O–H groups in total. The molecule has 1 fully saturated rings. The van der Waals surface area contributed by atoms with Crippen molar-refractivity contribution in [2.75, 3.05) is 39.7 Å². The van der Waals surface area contributed by atoms with E-state index in [4.69, 9.17) is 9.47 Å². The summed E-state index contributed by atoms with van der Waals surface area (Å²) in [7, 11) is 5.11. The maximum atomic E-state index is 13.3. The Hall–Kier alpha value is -2.86. The molecule has 29 heavy (non-hydrogen) atoms. The zero-order valence-electron chi connectivity index (χ0n) is 17.2. The fourth-order valence-corrected chi connectivity index (χ4v) is 3.57. The number of likely N-dealkylation sites (N-methyl/N-ethyl adjacent to an activating group) is 1. The highest BCUT2D eigenvalue weighted by molar-refractivity contribution is 5.99. The van der Waals surface area contributed by atoms with Crippen molar-refractivity contribution in [3.63, 3.8) is 0 Å². The summed E-state index contributed by atoms with van der Waals surface area (Å²) in [5, 5.41) is 3.06. The second-order valence-corrected chi connectivity index (χ2v) is 7.54. The van der Waals surface area contributed by atoms with Crippen LogP contribution >= 0.6 is 0 Å². The van der Waals surface area contributed by atoms with E-state index in [0.29, 0.717) is 32.5 Å². The molecule has 0 unspecified atom stereocenters. The van der Waals surface area contributed by atoms with E-state index in [9.17, 15) is 9.59 Å². The molecule has 6 nitrogen and oxygen atoms in total.